The minimum absolute atomic E-state index is 0.798. The lowest BCUT2D eigenvalue weighted by Gasteiger charge is -2.35. The van der Waals surface area contributed by atoms with E-state index in [1.807, 2.05) is 6.07 Å². The highest BCUT2D eigenvalue weighted by atomic mass is 16.5. The molecule has 0 saturated carbocycles. The molecule has 0 fully saturated rings. The Balaban J connectivity index is 1.02. The van der Waals surface area contributed by atoms with E-state index in [1.165, 1.54) is 43.8 Å². The zero-order valence-corrected chi connectivity index (χ0v) is 34.1. The minimum Gasteiger partial charge on any atom is -0.455 e. The Morgan fingerprint density at radius 2 is 0.873 bits per heavy atom. The van der Waals surface area contributed by atoms with Crippen molar-refractivity contribution in [3.63, 3.8) is 0 Å². The Morgan fingerprint density at radius 3 is 1.63 bits per heavy atom. The van der Waals surface area contributed by atoms with Crippen LogP contribution in [0.4, 0.5) is 17.1 Å². The van der Waals surface area contributed by atoms with Crippen molar-refractivity contribution in [1.29, 1.82) is 0 Å². The molecule has 0 amide bonds. The first-order valence-corrected chi connectivity index (χ1v) is 21.5. The zero-order chi connectivity index (χ0) is 41.4. The van der Waals surface area contributed by atoms with Crippen LogP contribution in [-0.4, -0.2) is 0 Å². The van der Waals surface area contributed by atoms with Gasteiger partial charge in [0.15, 0.2) is 11.5 Å². The quantitative estimate of drug-likeness (QED) is 0.162. The van der Waals surface area contributed by atoms with E-state index in [1.54, 1.807) is 0 Å². The molecule has 1 aliphatic rings. The Hall–Kier alpha value is -8.40. The van der Waals surface area contributed by atoms with Gasteiger partial charge in [-0.25, -0.2) is 0 Å². The highest BCUT2D eigenvalue weighted by Crippen LogP contribution is 2.56. The van der Waals surface area contributed by atoms with Gasteiger partial charge < -0.3 is 14.1 Å². The highest BCUT2D eigenvalue weighted by Gasteiger charge is 2.30. The van der Waals surface area contributed by atoms with Crippen LogP contribution in [0, 0.1) is 0 Å². The van der Waals surface area contributed by atoms with Crippen molar-refractivity contribution >= 4 is 71.3 Å². The van der Waals surface area contributed by atoms with Crippen LogP contribution < -0.4 is 9.64 Å². The number of para-hydroxylation sites is 1. The summed E-state index contributed by atoms with van der Waals surface area (Å²) in [5.41, 5.74) is 14.1. The minimum atomic E-state index is 0.798. The number of benzene rings is 11. The molecule has 2 heterocycles. The molecule has 11 aromatic carbocycles. The van der Waals surface area contributed by atoms with Gasteiger partial charge in [-0.3, -0.25) is 0 Å². The van der Waals surface area contributed by atoms with Gasteiger partial charge in [0.25, 0.3) is 0 Å². The number of hydrogen-bond acceptors (Lipinski definition) is 3. The van der Waals surface area contributed by atoms with Crippen LogP contribution in [0.25, 0.3) is 98.8 Å². The third-order valence-electron chi connectivity index (χ3n) is 12.8. The number of nitrogens with zero attached hydrogens (tertiary/aromatic N) is 1. The van der Waals surface area contributed by atoms with Crippen LogP contribution >= 0.6 is 0 Å². The molecule has 0 radical (unpaired) electrons. The Morgan fingerprint density at radius 1 is 0.317 bits per heavy atom. The van der Waals surface area contributed by atoms with Gasteiger partial charge in [-0.05, 0) is 103 Å². The Kier molecular flexibility index (Phi) is 7.91. The fourth-order valence-corrected chi connectivity index (χ4v) is 9.88. The predicted molar refractivity (Wildman–Crippen MR) is 263 cm³/mol. The molecule has 1 aromatic heterocycles. The van der Waals surface area contributed by atoms with Crippen molar-refractivity contribution in [3.8, 4) is 56.0 Å². The molecule has 0 spiro atoms. The van der Waals surface area contributed by atoms with Gasteiger partial charge in [0.2, 0.25) is 0 Å². The van der Waals surface area contributed by atoms with Crippen molar-refractivity contribution < 1.29 is 9.15 Å². The van der Waals surface area contributed by atoms with Crippen molar-refractivity contribution in [2.24, 2.45) is 0 Å². The monoisotopic (exact) mass is 803 g/mol. The summed E-state index contributed by atoms with van der Waals surface area (Å²) in [7, 11) is 0. The van der Waals surface area contributed by atoms with Gasteiger partial charge in [0.1, 0.15) is 11.2 Å². The molecule has 3 nitrogen and oxygen atoms in total. The van der Waals surface area contributed by atoms with E-state index in [0.717, 1.165) is 83.5 Å². The maximum Gasteiger partial charge on any atom is 0.152 e. The normalized spacial score (nSPS) is 12.2. The van der Waals surface area contributed by atoms with Gasteiger partial charge in [-0.1, -0.05) is 182 Å². The van der Waals surface area contributed by atoms with Crippen LogP contribution in [0.3, 0.4) is 0 Å². The topological polar surface area (TPSA) is 25.6 Å². The average Bonchev–Trinajstić information content (AvgIpc) is 3.73. The molecule has 13 rings (SSSR count). The van der Waals surface area contributed by atoms with E-state index in [4.69, 9.17) is 9.15 Å². The lowest BCUT2D eigenvalue weighted by atomic mass is 9.88. The van der Waals surface area contributed by atoms with E-state index >= 15 is 0 Å². The summed E-state index contributed by atoms with van der Waals surface area (Å²) in [6, 6.07) is 80.4. The second-order valence-corrected chi connectivity index (χ2v) is 16.4. The number of hydrogen-bond donors (Lipinski definition) is 0. The molecule has 0 atom stereocenters. The van der Waals surface area contributed by atoms with E-state index in [-0.39, 0.29) is 0 Å². The molecule has 0 saturated heterocycles. The number of fused-ring (bicyclic) bond motifs is 8. The largest absolute Gasteiger partial charge is 0.455 e. The Bertz CT molecular complexity index is 3720. The first-order chi connectivity index (χ1) is 31.2. The third kappa shape index (κ3) is 5.67. The van der Waals surface area contributed by atoms with Crippen LogP contribution in [-0.2, 0) is 0 Å². The summed E-state index contributed by atoms with van der Waals surface area (Å²) in [6.45, 7) is 0. The SMILES string of the molecule is c1ccc(-c2cccc(-c3c4ccccc4c(N4c5ccc(-c6ccc7oc8c(-c9ccccc9)cccc8c7c6)cc5Oc5cc6ccccc6cc54)c4ccccc34)c2)cc1. The second kappa shape index (κ2) is 14.1. The lowest BCUT2D eigenvalue weighted by molar-refractivity contribution is 0.478. The molecule has 0 aliphatic carbocycles. The fourth-order valence-electron chi connectivity index (χ4n) is 9.88. The van der Waals surface area contributed by atoms with Gasteiger partial charge in [-0.15, -0.1) is 0 Å². The van der Waals surface area contributed by atoms with Crippen molar-refractivity contribution in [3.05, 3.63) is 224 Å². The number of rotatable bonds is 5. The van der Waals surface area contributed by atoms with Crippen molar-refractivity contribution in [1.82, 2.24) is 0 Å². The first-order valence-electron chi connectivity index (χ1n) is 21.5. The molecule has 3 heteroatoms. The summed E-state index contributed by atoms with van der Waals surface area (Å²) in [6.07, 6.45) is 0. The number of furan rings is 1. The second-order valence-electron chi connectivity index (χ2n) is 16.4. The van der Waals surface area contributed by atoms with Crippen LogP contribution in [0.5, 0.6) is 11.5 Å². The molecule has 63 heavy (non-hydrogen) atoms. The Labute approximate surface area is 364 Å². The lowest BCUT2D eigenvalue weighted by Crippen LogP contribution is -2.17. The first kappa shape index (κ1) is 35.4. The maximum atomic E-state index is 7.02. The summed E-state index contributed by atoms with van der Waals surface area (Å²) in [5.74, 6) is 1.61. The molecule has 12 aromatic rings. The summed E-state index contributed by atoms with van der Waals surface area (Å²) >= 11 is 0. The molecule has 294 valence electrons. The predicted octanol–water partition coefficient (Wildman–Crippen LogP) is 17.3. The molecule has 0 unspecified atom stereocenters. The third-order valence-corrected chi connectivity index (χ3v) is 12.8. The van der Waals surface area contributed by atoms with Crippen molar-refractivity contribution in [2.45, 2.75) is 0 Å². The average molecular weight is 804 g/mol. The molecule has 0 N–H and O–H groups in total. The van der Waals surface area contributed by atoms with Crippen LogP contribution in [0.1, 0.15) is 0 Å². The van der Waals surface area contributed by atoms with E-state index < -0.39 is 0 Å². The highest BCUT2D eigenvalue weighted by molar-refractivity contribution is 6.23. The molecule has 1 aliphatic heterocycles. The van der Waals surface area contributed by atoms with E-state index in [2.05, 4.69) is 223 Å². The standard InChI is InChI=1S/C60H37NO2/c1-3-15-38(16-4-1)40-21-13-22-45(33-40)58-47-23-9-11-25-49(47)59(50-26-12-10-24-48(50)58)61-53-31-29-44(37-56(53)62-57-36-42-20-8-7-19-41(42)35-54(57)61)43-30-32-55-52(34-43)51-28-14-27-46(60(51)63-55)39-17-5-2-6-18-39/h1-37H. The van der Waals surface area contributed by atoms with Crippen LogP contribution in [0.2, 0.25) is 0 Å². The number of ether oxygens (including phenoxy) is 1. The fraction of sp³-hybridized carbons (Fsp3) is 0. The summed E-state index contributed by atoms with van der Waals surface area (Å²) in [4.78, 5) is 2.44. The molecule has 0 bridgehead atoms. The van der Waals surface area contributed by atoms with E-state index in [0.29, 0.717) is 0 Å². The maximum absolute atomic E-state index is 7.02. The summed E-state index contributed by atoms with van der Waals surface area (Å²) in [5, 5.41) is 9.20. The van der Waals surface area contributed by atoms with Gasteiger partial charge >= 0.3 is 0 Å². The van der Waals surface area contributed by atoms with Gasteiger partial charge in [0, 0.05) is 27.1 Å². The van der Waals surface area contributed by atoms with Crippen molar-refractivity contribution in [2.75, 3.05) is 4.90 Å². The van der Waals surface area contributed by atoms with Crippen LogP contribution in [0.15, 0.2) is 229 Å². The smallest absolute Gasteiger partial charge is 0.152 e. The summed E-state index contributed by atoms with van der Waals surface area (Å²) < 4.78 is 13.6. The van der Waals surface area contributed by atoms with Gasteiger partial charge in [-0.2, -0.15) is 0 Å². The van der Waals surface area contributed by atoms with Gasteiger partial charge in [0.05, 0.1) is 17.1 Å². The molecular formula is C60H37NO2. The van der Waals surface area contributed by atoms with E-state index in [9.17, 15) is 0 Å². The zero-order valence-electron chi connectivity index (χ0n) is 34.1. The molecular weight excluding hydrogens is 767 g/mol. The number of anilines is 3.